The number of benzene rings is 1. The van der Waals surface area contributed by atoms with Crippen LogP contribution < -0.4 is 0 Å². The second kappa shape index (κ2) is 5.38. The predicted octanol–water partition coefficient (Wildman–Crippen LogP) is 3.81. The number of phenolic OH excluding ortho intramolecular Hbond substituents is 1. The van der Waals surface area contributed by atoms with Crippen molar-refractivity contribution in [3.05, 3.63) is 41.5 Å². The second-order valence-electron chi connectivity index (χ2n) is 5.53. The summed E-state index contributed by atoms with van der Waals surface area (Å²) < 4.78 is 0. The SMILES string of the molecule is CC(C)CC1=CC(=O)CC(c2ccccc2O)C1. The Hall–Kier alpha value is -1.57. The first-order valence-corrected chi connectivity index (χ1v) is 6.56. The fraction of sp³-hybridized carbons (Fsp3) is 0.438. The molecule has 96 valence electrons. The Bertz CT molecular complexity index is 472. The number of carbonyl (C=O) groups excluding carboxylic acids is 1. The quantitative estimate of drug-likeness (QED) is 0.877. The fourth-order valence-corrected chi connectivity index (χ4v) is 2.70. The molecule has 0 fully saturated rings. The molecule has 1 aromatic carbocycles. The lowest BCUT2D eigenvalue weighted by molar-refractivity contribution is -0.115. The number of allylic oxidation sites excluding steroid dienone is 2. The van der Waals surface area contributed by atoms with Crippen LogP contribution in [-0.4, -0.2) is 10.9 Å². The zero-order valence-corrected chi connectivity index (χ0v) is 11.0. The zero-order valence-electron chi connectivity index (χ0n) is 11.0. The van der Waals surface area contributed by atoms with Crippen LogP contribution in [0.2, 0.25) is 0 Å². The normalized spacial score (nSPS) is 20.1. The van der Waals surface area contributed by atoms with Crippen LogP contribution in [0.4, 0.5) is 0 Å². The molecule has 1 aromatic rings. The van der Waals surface area contributed by atoms with E-state index in [1.807, 2.05) is 18.2 Å². The first-order chi connectivity index (χ1) is 8.56. The van der Waals surface area contributed by atoms with Crippen molar-refractivity contribution in [1.29, 1.82) is 0 Å². The minimum absolute atomic E-state index is 0.137. The van der Waals surface area contributed by atoms with Crippen molar-refractivity contribution in [1.82, 2.24) is 0 Å². The third kappa shape index (κ3) is 3.00. The monoisotopic (exact) mass is 244 g/mol. The molecule has 18 heavy (non-hydrogen) atoms. The van der Waals surface area contributed by atoms with Gasteiger partial charge in [-0.3, -0.25) is 4.79 Å². The Morgan fingerprint density at radius 3 is 2.67 bits per heavy atom. The van der Waals surface area contributed by atoms with Gasteiger partial charge in [0.15, 0.2) is 5.78 Å². The third-order valence-corrected chi connectivity index (χ3v) is 3.37. The Balaban J connectivity index is 2.20. The van der Waals surface area contributed by atoms with E-state index in [1.165, 1.54) is 5.57 Å². The van der Waals surface area contributed by atoms with E-state index in [1.54, 1.807) is 12.1 Å². The van der Waals surface area contributed by atoms with E-state index in [9.17, 15) is 9.90 Å². The summed E-state index contributed by atoms with van der Waals surface area (Å²) in [5.74, 6) is 1.19. The van der Waals surface area contributed by atoms with Crippen molar-refractivity contribution >= 4 is 5.78 Å². The van der Waals surface area contributed by atoms with Crippen molar-refractivity contribution < 1.29 is 9.90 Å². The van der Waals surface area contributed by atoms with Crippen molar-refractivity contribution in [3.8, 4) is 5.75 Å². The largest absolute Gasteiger partial charge is 0.508 e. The second-order valence-corrected chi connectivity index (χ2v) is 5.53. The summed E-state index contributed by atoms with van der Waals surface area (Å²) in [7, 11) is 0. The molecule has 0 saturated heterocycles. The standard InChI is InChI=1S/C16H20O2/c1-11(2)7-12-8-13(10-14(17)9-12)15-5-3-4-6-16(15)18/h3-6,9,11,13,18H,7-8,10H2,1-2H3. The first-order valence-electron chi connectivity index (χ1n) is 6.56. The highest BCUT2D eigenvalue weighted by atomic mass is 16.3. The molecule has 0 bridgehead atoms. The molecule has 1 atom stereocenters. The molecular weight excluding hydrogens is 224 g/mol. The number of aromatic hydroxyl groups is 1. The van der Waals surface area contributed by atoms with Gasteiger partial charge >= 0.3 is 0 Å². The average molecular weight is 244 g/mol. The van der Waals surface area contributed by atoms with Gasteiger partial charge in [0.2, 0.25) is 0 Å². The summed E-state index contributed by atoms with van der Waals surface area (Å²) >= 11 is 0. The van der Waals surface area contributed by atoms with Crippen LogP contribution in [0.5, 0.6) is 5.75 Å². The van der Waals surface area contributed by atoms with E-state index in [2.05, 4.69) is 13.8 Å². The minimum Gasteiger partial charge on any atom is -0.508 e. The first kappa shape index (κ1) is 12.9. The highest BCUT2D eigenvalue weighted by Crippen LogP contribution is 2.37. The number of phenols is 1. The Morgan fingerprint density at radius 1 is 1.28 bits per heavy atom. The molecule has 0 heterocycles. The van der Waals surface area contributed by atoms with Crippen LogP contribution >= 0.6 is 0 Å². The number of hydrogen-bond acceptors (Lipinski definition) is 2. The van der Waals surface area contributed by atoms with E-state index in [-0.39, 0.29) is 11.7 Å². The highest BCUT2D eigenvalue weighted by molar-refractivity contribution is 5.92. The van der Waals surface area contributed by atoms with Crippen LogP contribution in [-0.2, 0) is 4.79 Å². The van der Waals surface area contributed by atoms with Crippen LogP contribution in [0.15, 0.2) is 35.9 Å². The van der Waals surface area contributed by atoms with Gasteiger partial charge in [-0.25, -0.2) is 0 Å². The number of para-hydroxylation sites is 1. The van der Waals surface area contributed by atoms with Crippen LogP contribution in [0.1, 0.15) is 44.6 Å². The summed E-state index contributed by atoms with van der Waals surface area (Å²) in [6, 6.07) is 7.35. The van der Waals surface area contributed by atoms with E-state index >= 15 is 0 Å². The van der Waals surface area contributed by atoms with Crippen LogP contribution in [0.3, 0.4) is 0 Å². The number of hydrogen-bond donors (Lipinski definition) is 1. The van der Waals surface area contributed by atoms with Gasteiger partial charge in [-0.2, -0.15) is 0 Å². The van der Waals surface area contributed by atoms with Crippen molar-refractivity contribution in [2.75, 3.05) is 0 Å². The summed E-state index contributed by atoms with van der Waals surface area (Å²) in [5.41, 5.74) is 2.12. The van der Waals surface area contributed by atoms with Gasteiger partial charge in [0.05, 0.1) is 0 Å². The van der Waals surface area contributed by atoms with Crippen molar-refractivity contribution in [2.45, 2.75) is 39.0 Å². The topological polar surface area (TPSA) is 37.3 Å². The van der Waals surface area contributed by atoms with Gasteiger partial charge in [0.1, 0.15) is 5.75 Å². The molecule has 0 spiro atoms. The van der Waals surface area contributed by atoms with E-state index in [0.29, 0.717) is 18.1 Å². The summed E-state index contributed by atoms with van der Waals surface area (Å²) in [4.78, 5) is 11.8. The summed E-state index contributed by atoms with van der Waals surface area (Å²) in [5, 5.41) is 9.89. The lowest BCUT2D eigenvalue weighted by atomic mass is 9.80. The Labute approximate surface area is 108 Å². The molecule has 0 amide bonds. The summed E-state index contributed by atoms with van der Waals surface area (Å²) in [6.45, 7) is 4.32. The van der Waals surface area contributed by atoms with Gasteiger partial charge in [-0.15, -0.1) is 0 Å². The molecule has 1 N–H and O–H groups in total. The van der Waals surface area contributed by atoms with Gasteiger partial charge in [-0.05, 0) is 42.4 Å². The zero-order chi connectivity index (χ0) is 13.1. The molecule has 1 aliphatic rings. The lowest BCUT2D eigenvalue weighted by Gasteiger charge is -2.24. The minimum atomic E-state index is 0.137. The molecule has 1 aliphatic carbocycles. The van der Waals surface area contributed by atoms with Gasteiger partial charge < -0.3 is 5.11 Å². The van der Waals surface area contributed by atoms with Crippen LogP contribution in [0.25, 0.3) is 0 Å². The molecule has 0 radical (unpaired) electrons. The maximum Gasteiger partial charge on any atom is 0.156 e. The fourth-order valence-electron chi connectivity index (χ4n) is 2.70. The molecule has 2 nitrogen and oxygen atoms in total. The molecule has 2 rings (SSSR count). The predicted molar refractivity (Wildman–Crippen MR) is 72.6 cm³/mol. The number of ketones is 1. The Kier molecular flexibility index (Phi) is 3.85. The van der Waals surface area contributed by atoms with Crippen molar-refractivity contribution in [3.63, 3.8) is 0 Å². The van der Waals surface area contributed by atoms with Gasteiger partial charge in [-0.1, -0.05) is 37.6 Å². The molecule has 1 unspecified atom stereocenters. The van der Waals surface area contributed by atoms with E-state index in [4.69, 9.17) is 0 Å². The average Bonchev–Trinajstić information content (AvgIpc) is 2.27. The maximum absolute atomic E-state index is 11.8. The van der Waals surface area contributed by atoms with Gasteiger partial charge in [0.25, 0.3) is 0 Å². The maximum atomic E-state index is 11.8. The third-order valence-electron chi connectivity index (χ3n) is 3.37. The molecule has 2 heteroatoms. The van der Waals surface area contributed by atoms with E-state index < -0.39 is 0 Å². The summed E-state index contributed by atoms with van der Waals surface area (Å²) in [6.07, 6.45) is 4.17. The van der Waals surface area contributed by atoms with Crippen molar-refractivity contribution in [2.24, 2.45) is 5.92 Å². The highest BCUT2D eigenvalue weighted by Gasteiger charge is 2.24. The number of carbonyl (C=O) groups is 1. The van der Waals surface area contributed by atoms with Crippen LogP contribution in [0, 0.1) is 5.92 Å². The Morgan fingerprint density at radius 2 is 2.00 bits per heavy atom. The molecular formula is C16H20O2. The van der Waals surface area contributed by atoms with E-state index in [0.717, 1.165) is 18.4 Å². The van der Waals surface area contributed by atoms with Gasteiger partial charge in [0, 0.05) is 6.42 Å². The molecule has 0 saturated carbocycles. The molecule has 0 aliphatic heterocycles. The lowest BCUT2D eigenvalue weighted by Crippen LogP contribution is -2.14. The number of rotatable bonds is 3. The molecule has 0 aromatic heterocycles. The smallest absolute Gasteiger partial charge is 0.156 e.